The summed E-state index contributed by atoms with van der Waals surface area (Å²) in [5, 5.41) is 5.21. The molecule has 106 valence electrons. The number of aromatic nitrogens is 2. The Hall–Kier alpha value is -1.09. The van der Waals surface area contributed by atoms with E-state index < -0.39 is 0 Å². The Bertz CT molecular complexity index is 623. The lowest BCUT2D eigenvalue weighted by atomic mass is 10.2. The zero-order chi connectivity index (χ0) is 14.7. The van der Waals surface area contributed by atoms with Gasteiger partial charge in [0.15, 0.2) is 6.29 Å². The summed E-state index contributed by atoms with van der Waals surface area (Å²) < 4.78 is 7.52. The standard InChI is InChI=1S/C13H13Cl2N2O2P/c1-3-11-12(7-18)16-17(20-2)13(11)19-10-5-8(14)4-9(15)6-10/h4-7,20H,3H2,1-2H3. The minimum Gasteiger partial charge on any atom is -0.439 e. The van der Waals surface area contributed by atoms with Crippen molar-refractivity contribution in [3.8, 4) is 11.6 Å². The van der Waals surface area contributed by atoms with Crippen molar-refractivity contribution in [3.63, 3.8) is 0 Å². The van der Waals surface area contributed by atoms with Crippen LogP contribution in [0.15, 0.2) is 18.2 Å². The molecule has 0 amide bonds. The number of nitrogens with zero attached hydrogens (tertiary/aromatic N) is 2. The summed E-state index contributed by atoms with van der Waals surface area (Å²) in [4.78, 5) is 11.1. The van der Waals surface area contributed by atoms with Crippen molar-refractivity contribution in [1.82, 2.24) is 9.55 Å². The van der Waals surface area contributed by atoms with Crippen LogP contribution in [-0.4, -0.2) is 22.5 Å². The molecule has 7 heteroatoms. The van der Waals surface area contributed by atoms with E-state index in [-0.39, 0.29) is 0 Å². The fourth-order valence-electron chi connectivity index (χ4n) is 1.83. The number of carbonyl (C=O) groups is 1. The van der Waals surface area contributed by atoms with Gasteiger partial charge in [0, 0.05) is 24.3 Å². The van der Waals surface area contributed by atoms with Crippen molar-refractivity contribution in [2.24, 2.45) is 0 Å². The molecule has 2 aromatic rings. The number of hydrogen-bond acceptors (Lipinski definition) is 3. The molecule has 1 aromatic carbocycles. The third-order valence-electron chi connectivity index (χ3n) is 2.70. The number of ether oxygens (including phenoxy) is 1. The lowest BCUT2D eigenvalue weighted by Gasteiger charge is -2.09. The summed E-state index contributed by atoms with van der Waals surface area (Å²) >= 11 is 11.9. The predicted molar refractivity (Wildman–Crippen MR) is 83.2 cm³/mol. The molecule has 20 heavy (non-hydrogen) atoms. The number of carbonyl (C=O) groups excluding carboxylic acids is 1. The number of halogens is 2. The van der Waals surface area contributed by atoms with E-state index in [1.807, 2.05) is 13.6 Å². The molecule has 0 saturated heterocycles. The first kappa shape index (κ1) is 15.3. The summed E-state index contributed by atoms with van der Waals surface area (Å²) in [5.41, 5.74) is 1.19. The Labute approximate surface area is 128 Å². The molecule has 0 aliphatic rings. The van der Waals surface area contributed by atoms with Crippen molar-refractivity contribution in [1.29, 1.82) is 0 Å². The van der Waals surface area contributed by atoms with Gasteiger partial charge in [-0.3, -0.25) is 4.79 Å². The topological polar surface area (TPSA) is 44.1 Å². The van der Waals surface area contributed by atoms with Crippen molar-refractivity contribution in [2.75, 3.05) is 6.66 Å². The fraction of sp³-hybridized carbons (Fsp3) is 0.231. The Morgan fingerprint density at radius 3 is 2.50 bits per heavy atom. The van der Waals surface area contributed by atoms with Gasteiger partial charge in [-0.1, -0.05) is 30.1 Å². The molecule has 0 fully saturated rings. The summed E-state index contributed by atoms with van der Waals surface area (Å²) in [6, 6.07) is 4.97. The Kier molecular flexibility index (Phi) is 5.03. The normalized spacial score (nSPS) is 11.2. The summed E-state index contributed by atoms with van der Waals surface area (Å²) in [5.74, 6) is 1.09. The molecule has 0 aliphatic carbocycles. The number of hydrogen-bond donors (Lipinski definition) is 0. The molecule has 1 heterocycles. The van der Waals surface area contributed by atoms with E-state index in [4.69, 9.17) is 27.9 Å². The van der Waals surface area contributed by atoms with E-state index in [1.165, 1.54) is 0 Å². The molecular formula is C13H13Cl2N2O2P. The average molecular weight is 331 g/mol. The van der Waals surface area contributed by atoms with Crippen LogP contribution in [0.4, 0.5) is 0 Å². The third-order valence-corrected chi connectivity index (χ3v) is 3.86. The minimum atomic E-state index is 0.354. The van der Waals surface area contributed by atoms with Crippen molar-refractivity contribution in [3.05, 3.63) is 39.5 Å². The lowest BCUT2D eigenvalue weighted by Crippen LogP contribution is -1.94. The lowest BCUT2D eigenvalue weighted by molar-refractivity contribution is 0.111. The monoisotopic (exact) mass is 330 g/mol. The second-order valence-electron chi connectivity index (χ2n) is 3.98. The molecule has 0 radical (unpaired) electrons. The van der Waals surface area contributed by atoms with E-state index in [0.29, 0.717) is 42.5 Å². The SMILES string of the molecule is CCc1c(C=O)nn(PC)c1Oc1cc(Cl)cc(Cl)c1. The average Bonchev–Trinajstić information content (AvgIpc) is 2.74. The third kappa shape index (κ3) is 3.14. The second-order valence-corrected chi connectivity index (χ2v) is 5.73. The Morgan fingerprint density at radius 1 is 1.35 bits per heavy atom. The van der Waals surface area contributed by atoms with Gasteiger partial charge in [-0.05, 0) is 31.3 Å². The van der Waals surface area contributed by atoms with Crippen LogP contribution in [0.5, 0.6) is 11.6 Å². The van der Waals surface area contributed by atoms with E-state index >= 15 is 0 Å². The zero-order valence-corrected chi connectivity index (χ0v) is 13.5. The molecule has 0 spiro atoms. The van der Waals surface area contributed by atoms with Gasteiger partial charge in [0.05, 0.1) is 0 Å². The molecule has 1 aromatic heterocycles. The van der Waals surface area contributed by atoms with Crippen LogP contribution in [0.2, 0.25) is 10.0 Å². The highest BCUT2D eigenvalue weighted by Crippen LogP contribution is 2.34. The van der Waals surface area contributed by atoms with Crippen molar-refractivity contribution in [2.45, 2.75) is 13.3 Å². The second kappa shape index (κ2) is 6.57. The van der Waals surface area contributed by atoms with E-state index in [2.05, 4.69) is 5.10 Å². The van der Waals surface area contributed by atoms with Gasteiger partial charge < -0.3 is 4.74 Å². The highest BCUT2D eigenvalue weighted by Gasteiger charge is 2.17. The molecule has 1 unspecified atom stereocenters. The largest absolute Gasteiger partial charge is 0.439 e. The van der Waals surface area contributed by atoms with Gasteiger partial charge in [0.1, 0.15) is 11.4 Å². The van der Waals surface area contributed by atoms with Crippen LogP contribution in [0.1, 0.15) is 23.0 Å². The first-order valence-electron chi connectivity index (χ1n) is 5.97. The molecule has 0 bridgehead atoms. The fourth-order valence-corrected chi connectivity index (χ4v) is 2.93. The summed E-state index contributed by atoms with van der Waals surface area (Å²) in [6.45, 7) is 3.91. The minimum absolute atomic E-state index is 0.354. The maximum absolute atomic E-state index is 11.1. The smallest absolute Gasteiger partial charge is 0.224 e. The van der Waals surface area contributed by atoms with Gasteiger partial charge in [0.2, 0.25) is 5.88 Å². The Morgan fingerprint density at radius 2 is 2.00 bits per heavy atom. The van der Waals surface area contributed by atoms with Gasteiger partial charge in [-0.15, -0.1) is 0 Å². The van der Waals surface area contributed by atoms with Crippen LogP contribution in [0.25, 0.3) is 0 Å². The maximum atomic E-state index is 11.1. The number of benzene rings is 1. The highest BCUT2D eigenvalue weighted by atomic mass is 35.5. The first-order valence-corrected chi connectivity index (χ1v) is 8.18. The summed E-state index contributed by atoms with van der Waals surface area (Å²) in [6.07, 6.45) is 1.40. The van der Waals surface area contributed by atoms with Crippen molar-refractivity contribution < 1.29 is 9.53 Å². The van der Waals surface area contributed by atoms with Crippen LogP contribution < -0.4 is 4.74 Å². The van der Waals surface area contributed by atoms with E-state index in [9.17, 15) is 4.79 Å². The summed E-state index contributed by atoms with van der Waals surface area (Å²) in [7, 11) is 0.354. The number of aldehydes is 1. The van der Waals surface area contributed by atoms with Crippen molar-refractivity contribution >= 4 is 38.2 Å². The molecule has 0 saturated carbocycles. The van der Waals surface area contributed by atoms with E-state index in [1.54, 1.807) is 22.7 Å². The van der Waals surface area contributed by atoms with Crippen LogP contribution in [-0.2, 0) is 6.42 Å². The molecule has 0 N–H and O–H groups in total. The predicted octanol–water partition coefficient (Wildman–Crippen LogP) is 4.43. The molecule has 2 rings (SSSR count). The quantitative estimate of drug-likeness (QED) is 0.601. The van der Waals surface area contributed by atoms with Gasteiger partial charge in [-0.25, -0.2) is 4.45 Å². The van der Waals surface area contributed by atoms with Gasteiger partial charge >= 0.3 is 0 Å². The number of rotatable bonds is 5. The van der Waals surface area contributed by atoms with Crippen LogP contribution in [0, 0.1) is 0 Å². The van der Waals surface area contributed by atoms with Gasteiger partial charge in [-0.2, -0.15) is 5.10 Å². The molecular weight excluding hydrogens is 318 g/mol. The molecule has 0 aliphatic heterocycles. The molecule has 4 nitrogen and oxygen atoms in total. The van der Waals surface area contributed by atoms with Crippen LogP contribution in [0.3, 0.4) is 0 Å². The maximum Gasteiger partial charge on any atom is 0.224 e. The van der Waals surface area contributed by atoms with Gasteiger partial charge in [0.25, 0.3) is 0 Å². The Balaban J connectivity index is 2.46. The van der Waals surface area contributed by atoms with Crippen LogP contribution >= 0.6 is 31.9 Å². The molecule has 1 atom stereocenters. The highest BCUT2D eigenvalue weighted by molar-refractivity contribution is 7.35. The first-order chi connectivity index (χ1) is 9.58. The van der Waals surface area contributed by atoms with E-state index in [0.717, 1.165) is 11.8 Å². The zero-order valence-electron chi connectivity index (χ0n) is 11.0.